The first kappa shape index (κ1) is 14.3. The van der Waals surface area contributed by atoms with Crippen molar-refractivity contribution in [2.75, 3.05) is 0 Å². The van der Waals surface area contributed by atoms with Crippen molar-refractivity contribution >= 4 is 0 Å². The van der Waals surface area contributed by atoms with Crippen molar-refractivity contribution in [3.8, 4) is 23.0 Å². The van der Waals surface area contributed by atoms with Gasteiger partial charge in [-0.3, -0.25) is 0 Å². The Kier molecular flexibility index (Phi) is 4.53. The highest BCUT2D eigenvalue weighted by Gasteiger charge is 2.13. The predicted octanol–water partition coefficient (Wildman–Crippen LogP) is 4.96. The lowest BCUT2D eigenvalue weighted by molar-refractivity contribution is 0.509. The van der Waals surface area contributed by atoms with Crippen LogP contribution >= 0.6 is 0 Å². The number of benzene rings is 2. The molecule has 0 amide bonds. The summed E-state index contributed by atoms with van der Waals surface area (Å²) in [6.07, 6.45) is 2.05. The summed E-state index contributed by atoms with van der Waals surface area (Å²) >= 11 is 0. The van der Waals surface area contributed by atoms with Crippen LogP contribution in [0.4, 0.5) is 8.78 Å². The maximum atomic E-state index is 14.1. The van der Waals surface area contributed by atoms with Gasteiger partial charge in [-0.05, 0) is 36.6 Å². The molecule has 0 fully saturated rings. The Morgan fingerprint density at radius 2 is 1.65 bits per heavy atom. The zero-order valence-electron chi connectivity index (χ0n) is 11.6. The van der Waals surface area contributed by atoms with Gasteiger partial charge in [0.25, 0.3) is 0 Å². The molecule has 0 N–H and O–H groups in total. The fourth-order valence-corrected chi connectivity index (χ4v) is 2.14. The molecule has 0 aliphatic carbocycles. The van der Waals surface area contributed by atoms with Gasteiger partial charge in [0.15, 0.2) is 11.6 Å². The molecule has 2 rings (SSSR count). The number of hydrogen-bond donors (Lipinski definition) is 0. The summed E-state index contributed by atoms with van der Waals surface area (Å²) in [7, 11) is 0. The first-order valence-electron chi connectivity index (χ1n) is 6.67. The Morgan fingerprint density at radius 3 is 2.25 bits per heavy atom. The summed E-state index contributed by atoms with van der Waals surface area (Å²) in [5, 5.41) is 0. The van der Waals surface area contributed by atoms with Crippen LogP contribution in [-0.4, -0.2) is 0 Å². The van der Waals surface area contributed by atoms with Gasteiger partial charge in [0.1, 0.15) is 0 Å². The van der Waals surface area contributed by atoms with Crippen molar-refractivity contribution in [1.82, 2.24) is 0 Å². The van der Waals surface area contributed by atoms with Crippen molar-refractivity contribution < 1.29 is 8.78 Å². The number of hydrogen-bond acceptors (Lipinski definition) is 0. The van der Waals surface area contributed by atoms with Crippen LogP contribution in [0.25, 0.3) is 11.1 Å². The molecule has 2 aromatic carbocycles. The van der Waals surface area contributed by atoms with Crippen LogP contribution in [0.15, 0.2) is 36.4 Å². The first-order chi connectivity index (χ1) is 9.67. The normalized spacial score (nSPS) is 10.0. The van der Waals surface area contributed by atoms with Gasteiger partial charge < -0.3 is 0 Å². The van der Waals surface area contributed by atoms with Crippen LogP contribution in [0.1, 0.15) is 31.4 Å². The Bertz CT molecular complexity index is 658. The smallest absolute Gasteiger partial charge is 0.175 e. The molecule has 2 aromatic rings. The average Bonchev–Trinajstić information content (AvgIpc) is 2.46. The fourth-order valence-electron chi connectivity index (χ4n) is 2.14. The van der Waals surface area contributed by atoms with Crippen molar-refractivity contribution in [3.05, 3.63) is 59.2 Å². The molecule has 0 saturated heterocycles. The van der Waals surface area contributed by atoms with E-state index >= 15 is 0 Å². The van der Waals surface area contributed by atoms with E-state index in [1.54, 1.807) is 13.0 Å². The summed E-state index contributed by atoms with van der Waals surface area (Å²) in [5.41, 5.74) is 2.24. The van der Waals surface area contributed by atoms with Crippen LogP contribution < -0.4 is 0 Å². The lowest BCUT2D eigenvalue weighted by Gasteiger charge is -2.07. The van der Waals surface area contributed by atoms with E-state index in [9.17, 15) is 8.78 Å². The minimum atomic E-state index is -0.880. The molecule has 20 heavy (non-hydrogen) atoms. The molecule has 0 nitrogen and oxygen atoms in total. The van der Waals surface area contributed by atoms with Gasteiger partial charge in [-0.15, -0.1) is 5.92 Å². The minimum absolute atomic E-state index is 0.0938. The van der Waals surface area contributed by atoms with E-state index in [1.807, 2.05) is 24.3 Å². The highest BCUT2D eigenvalue weighted by atomic mass is 19.2. The summed E-state index contributed by atoms with van der Waals surface area (Å²) in [6.45, 7) is 3.70. The topological polar surface area (TPSA) is 0 Å². The number of aryl methyl sites for hydroxylation is 1. The molecule has 0 radical (unpaired) electrons. The molecule has 0 spiro atoms. The first-order valence-corrected chi connectivity index (χ1v) is 6.67. The quantitative estimate of drug-likeness (QED) is 0.692. The third-order valence-electron chi connectivity index (χ3n) is 3.15. The van der Waals surface area contributed by atoms with Gasteiger partial charge in [0, 0.05) is 5.56 Å². The summed E-state index contributed by atoms with van der Waals surface area (Å²) in [4.78, 5) is 0. The summed E-state index contributed by atoms with van der Waals surface area (Å²) in [5.74, 6) is 3.41. The average molecular weight is 270 g/mol. The Hall–Kier alpha value is -2.14. The molecule has 2 heteroatoms. The van der Waals surface area contributed by atoms with E-state index in [1.165, 1.54) is 11.6 Å². The molecule has 0 aliphatic heterocycles. The summed E-state index contributed by atoms with van der Waals surface area (Å²) in [6, 6.07) is 10.7. The van der Waals surface area contributed by atoms with Gasteiger partial charge in [-0.2, -0.15) is 0 Å². The maximum absolute atomic E-state index is 14.1. The van der Waals surface area contributed by atoms with Gasteiger partial charge in [-0.25, -0.2) is 8.78 Å². The van der Waals surface area contributed by atoms with E-state index in [2.05, 4.69) is 18.8 Å². The van der Waals surface area contributed by atoms with E-state index in [4.69, 9.17) is 0 Å². The van der Waals surface area contributed by atoms with Gasteiger partial charge in [0.2, 0.25) is 0 Å². The van der Waals surface area contributed by atoms with E-state index in [-0.39, 0.29) is 11.1 Å². The third kappa shape index (κ3) is 2.88. The monoisotopic (exact) mass is 270 g/mol. The second-order valence-corrected chi connectivity index (χ2v) is 4.61. The van der Waals surface area contributed by atoms with Gasteiger partial charge in [0.05, 0.1) is 5.56 Å². The van der Waals surface area contributed by atoms with Gasteiger partial charge in [-0.1, -0.05) is 43.5 Å². The van der Waals surface area contributed by atoms with E-state index in [0.29, 0.717) is 5.56 Å². The van der Waals surface area contributed by atoms with Crippen LogP contribution in [0, 0.1) is 23.5 Å². The molecule has 102 valence electrons. The molecule has 0 saturated carbocycles. The Labute approximate surface area is 118 Å². The number of rotatable bonds is 3. The van der Waals surface area contributed by atoms with Crippen molar-refractivity contribution in [2.45, 2.75) is 26.7 Å². The van der Waals surface area contributed by atoms with Crippen LogP contribution in [0.5, 0.6) is 0 Å². The second-order valence-electron chi connectivity index (χ2n) is 4.61. The molecule has 0 aliphatic rings. The molecule has 0 unspecified atom stereocenters. The van der Waals surface area contributed by atoms with Crippen LogP contribution in [0.2, 0.25) is 0 Å². The standard InChI is InChI=1S/C18H16F2/c1-3-5-13-7-9-14(10-8-13)16-12-11-15(6-4-2)17(19)18(16)20/h7-12H,3,5H2,1-2H3. The maximum Gasteiger partial charge on any atom is 0.175 e. The lowest BCUT2D eigenvalue weighted by Crippen LogP contribution is -1.94. The Balaban J connectivity index is 2.42. The van der Waals surface area contributed by atoms with E-state index < -0.39 is 11.6 Å². The zero-order valence-corrected chi connectivity index (χ0v) is 11.6. The molecule has 0 atom stereocenters. The highest BCUT2D eigenvalue weighted by molar-refractivity contribution is 5.65. The molecular formula is C18H16F2. The molecule has 0 heterocycles. The van der Waals surface area contributed by atoms with Crippen LogP contribution in [0.3, 0.4) is 0 Å². The fraction of sp³-hybridized carbons (Fsp3) is 0.222. The van der Waals surface area contributed by atoms with Gasteiger partial charge >= 0.3 is 0 Å². The SMILES string of the molecule is CC#Cc1ccc(-c2ccc(CCC)cc2)c(F)c1F. The second kappa shape index (κ2) is 6.34. The lowest BCUT2D eigenvalue weighted by atomic mass is 10.00. The number of halogens is 2. The highest BCUT2D eigenvalue weighted by Crippen LogP contribution is 2.26. The largest absolute Gasteiger partial charge is 0.203 e. The van der Waals surface area contributed by atoms with E-state index in [0.717, 1.165) is 12.8 Å². The molecular weight excluding hydrogens is 254 g/mol. The van der Waals surface area contributed by atoms with Crippen molar-refractivity contribution in [1.29, 1.82) is 0 Å². The zero-order chi connectivity index (χ0) is 14.5. The Morgan fingerprint density at radius 1 is 0.950 bits per heavy atom. The van der Waals surface area contributed by atoms with Crippen molar-refractivity contribution in [3.63, 3.8) is 0 Å². The molecule has 0 aromatic heterocycles. The predicted molar refractivity (Wildman–Crippen MR) is 78.3 cm³/mol. The molecule has 0 bridgehead atoms. The van der Waals surface area contributed by atoms with Crippen molar-refractivity contribution in [2.24, 2.45) is 0 Å². The summed E-state index contributed by atoms with van der Waals surface area (Å²) < 4.78 is 27.9. The third-order valence-corrected chi connectivity index (χ3v) is 3.15. The minimum Gasteiger partial charge on any atom is -0.203 e. The van der Waals surface area contributed by atoms with Crippen LogP contribution in [-0.2, 0) is 6.42 Å².